The molecular formula is C18H16ClN5O. The number of amides is 1. The van der Waals surface area contributed by atoms with Crippen LogP contribution in [0.5, 0.6) is 0 Å². The van der Waals surface area contributed by atoms with E-state index in [2.05, 4.69) is 15.6 Å². The van der Waals surface area contributed by atoms with Crippen LogP contribution in [-0.2, 0) is 0 Å². The topological polar surface area (TPSA) is 85.3 Å². The van der Waals surface area contributed by atoms with Crippen molar-refractivity contribution in [1.82, 2.24) is 15.2 Å². The summed E-state index contributed by atoms with van der Waals surface area (Å²) in [6.07, 6.45) is 1.49. The SMILES string of the molecule is Cc1nn(-c2ccccc2)c(Cl)c1/C=N\NC(=O)c1ccc(N)cc1. The van der Waals surface area contributed by atoms with Crippen LogP contribution in [0.15, 0.2) is 59.7 Å². The normalized spacial score (nSPS) is 11.0. The van der Waals surface area contributed by atoms with E-state index in [1.165, 1.54) is 6.21 Å². The molecule has 0 fully saturated rings. The maximum Gasteiger partial charge on any atom is 0.271 e. The Labute approximate surface area is 149 Å². The highest BCUT2D eigenvalue weighted by Gasteiger charge is 2.13. The molecule has 0 unspecified atom stereocenters. The van der Waals surface area contributed by atoms with Crippen molar-refractivity contribution < 1.29 is 4.79 Å². The van der Waals surface area contributed by atoms with Crippen molar-refractivity contribution in [2.45, 2.75) is 6.92 Å². The molecule has 3 N–H and O–H groups in total. The second-order valence-corrected chi connectivity index (χ2v) is 5.72. The first-order chi connectivity index (χ1) is 12.1. The van der Waals surface area contributed by atoms with Gasteiger partial charge in [0, 0.05) is 11.3 Å². The molecule has 0 atom stereocenters. The second kappa shape index (κ2) is 7.19. The van der Waals surface area contributed by atoms with Crippen LogP contribution in [0.1, 0.15) is 21.6 Å². The summed E-state index contributed by atoms with van der Waals surface area (Å²) in [5.74, 6) is -0.333. The number of para-hydroxylation sites is 1. The van der Waals surface area contributed by atoms with E-state index in [1.54, 1.807) is 28.9 Å². The molecule has 0 spiro atoms. The number of aryl methyl sites for hydroxylation is 1. The number of halogens is 1. The predicted molar refractivity (Wildman–Crippen MR) is 99.2 cm³/mol. The third-order valence-electron chi connectivity index (χ3n) is 3.58. The van der Waals surface area contributed by atoms with Gasteiger partial charge in [-0.25, -0.2) is 10.1 Å². The van der Waals surface area contributed by atoms with Crippen LogP contribution in [-0.4, -0.2) is 21.9 Å². The highest BCUT2D eigenvalue weighted by Crippen LogP contribution is 2.21. The Morgan fingerprint density at radius 2 is 1.88 bits per heavy atom. The van der Waals surface area contributed by atoms with Gasteiger partial charge >= 0.3 is 0 Å². The third kappa shape index (κ3) is 3.70. The third-order valence-corrected chi connectivity index (χ3v) is 3.95. The van der Waals surface area contributed by atoms with E-state index in [4.69, 9.17) is 17.3 Å². The van der Waals surface area contributed by atoms with Crippen LogP contribution < -0.4 is 11.2 Å². The van der Waals surface area contributed by atoms with Crippen molar-refractivity contribution in [3.8, 4) is 5.69 Å². The second-order valence-electron chi connectivity index (χ2n) is 5.36. The summed E-state index contributed by atoms with van der Waals surface area (Å²) in [7, 11) is 0. The van der Waals surface area contributed by atoms with E-state index in [0.29, 0.717) is 27.7 Å². The smallest absolute Gasteiger partial charge is 0.271 e. The number of nitrogens with one attached hydrogen (secondary N) is 1. The molecule has 0 bridgehead atoms. The highest BCUT2D eigenvalue weighted by molar-refractivity contribution is 6.32. The Morgan fingerprint density at radius 3 is 2.56 bits per heavy atom. The molecule has 0 aliphatic carbocycles. The molecule has 1 heterocycles. The Hall–Kier alpha value is -3.12. The summed E-state index contributed by atoms with van der Waals surface area (Å²) in [4.78, 5) is 12.0. The lowest BCUT2D eigenvalue weighted by atomic mass is 10.2. The fraction of sp³-hybridized carbons (Fsp3) is 0.0556. The molecule has 0 saturated heterocycles. The number of nitrogen functional groups attached to an aromatic ring is 1. The number of nitrogens with zero attached hydrogens (tertiary/aromatic N) is 3. The van der Waals surface area contributed by atoms with Gasteiger partial charge in [-0.05, 0) is 43.3 Å². The number of hydrogen-bond donors (Lipinski definition) is 2. The van der Waals surface area contributed by atoms with E-state index in [-0.39, 0.29) is 5.91 Å². The summed E-state index contributed by atoms with van der Waals surface area (Å²) < 4.78 is 1.63. The van der Waals surface area contributed by atoms with Crippen molar-refractivity contribution in [3.63, 3.8) is 0 Å². The lowest BCUT2D eigenvalue weighted by Crippen LogP contribution is -2.17. The van der Waals surface area contributed by atoms with Crippen LogP contribution >= 0.6 is 11.6 Å². The van der Waals surface area contributed by atoms with Crippen LogP contribution in [0.2, 0.25) is 5.15 Å². The van der Waals surface area contributed by atoms with Crippen molar-refractivity contribution in [3.05, 3.63) is 76.6 Å². The van der Waals surface area contributed by atoms with Crippen molar-refractivity contribution >= 4 is 29.4 Å². The fourth-order valence-electron chi connectivity index (χ4n) is 2.25. The van der Waals surface area contributed by atoms with E-state index >= 15 is 0 Å². The van der Waals surface area contributed by atoms with Crippen LogP contribution in [0, 0.1) is 6.92 Å². The van der Waals surface area contributed by atoms with E-state index < -0.39 is 0 Å². The number of hydrazone groups is 1. The number of aromatic nitrogens is 2. The Kier molecular flexibility index (Phi) is 4.81. The predicted octanol–water partition coefficient (Wildman–Crippen LogP) is 3.18. The maximum absolute atomic E-state index is 12.0. The zero-order chi connectivity index (χ0) is 17.8. The molecule has 3 rings (SSSR count). The molecule has 126 valence electrons. The molecule has 0 aliphatic rings. The standard InChI is InChI=1S/C18H16ClN5O/c1-12-16(17(19)24(23-12)15-5-3-2-4-6-15)11-21-22-18(25)13-7-9-14(20)10-8-13/h2-11H,20H2,1H3,(H,22,25)/b21-11-. The lowest BCUT2D eigenvalue weighted by Gasteiger charge is -2.02. The summed E-state index contributed by atoms with van der Waals surface area (Å²) >= 11 is 6.40. The number of anilines is 1. The van der Waals surface area contributed by atoms with Gasteiger partial charge in [0.25, 0.3) is 5.91 Å². The van der Waals surface area contributed by atoms with Gasteiger partial charge in [0.15, 0.2) is 0 Å². The average molecular weight is 354 g/mol. The Balaban J connectivity index is 1.77. The summed E-state index contributed by atoms with van der Waals surface area (Å²) in [6.45, 7) is 1.83. The minimum atomic E-state index is -0.333. The number of hydrogen-bond acceptors (Lipinski definition) is 4. The summed E-state index contributed by atoms with van der Waals surface area (Å²) in [5, 5.41) is 8.81. The van der Waals surface area contributed by atoms with Crippen LogP contribution in [0.25, 0.3) is 5.69 Å². The molecule has 0 saturated carbocycles. The molecule has 0 aliphatic heterocycles. The van der Waals surface area contributed by atoms with Crippen LogP contribution in [0.4, 0.5) is 5.69 Å². The average Bonchev–Trinajstić information content (AvgIpc) is 2.91. The molecule has 3 aromatic rings. The zero-order valence-electron chi connectivity index (χ0n) is 13.5. The van der Waals surface area contributed by atoms with Gasteiger partial charge in [0.05, 0.1) is 23.2 Å². The van der Waals surface area contributed by atoms with Crippen molar-refractivity contribution in [2.75, 3.05) is 5.73 Å². The molecule has 25 heavy (non-hydrogen) atoms. The van der Waals surface area contributed by atoms with Gasteiger partial charge in [-0.15, -0.1) is 0 Å². The fourth-order valence-corrected chi connectivity index (χ4v) is 2.57. The first-order valence-corrected chi connectivity index (χ1v) is 7.93. The highest BCUT2D eigenvalue weighted by atomic mass is 35.5. The van der Waals surface area contributed by atoms with Gasteiger partial charge in [0.1, 0.15) is 5.15 Å². The Morgan fingerprint density at radius 1 is 1.20 bits per heavy atom. The quantitative estimate of drug-likeness (QED) is 0.429. The van der Waals surface area contributed by atoms with Gasteiger partial charge < -0.3 is 5.73 Å². The Bertz CT molecular complexity index is 917. The molecule has 1 amide bonds. The van der Waals surface area contributed by atoms with E-state index in [1.807, 2.05) is 37.3 Å². The first kappa shape index (κ1) is 16.7. The number of benzene rings is 2. The van der Waals surface area contributed by atoms with Crippen molar-refractivity contribution in [2.24, 2.45) is 5.10 Å². The van der Waals surface area contributed by atoms with Gasteiger partial charge in [0.2, 0.25) is 0 Å². The minimum Gasteiger partial charge on any atom is -0.399 e. The monoisotopic (exact) mass is 353 g/mol. The van der Waals surface area contributed by atoms with E-state index in [0.717, 1.165) is 5.69 Å². The van der Waals surface area contributed by atoms with Gasteiger partial charge in [-0.1, -0.05) is 29.8 Å². The van der Waals surface area contributed by atoms with Gasteiger partial charge in [-0.2, -0.15) is 10.2 Å². The molecule has 1 aromatic heterocycles. The lowest BCUT2D eigenvalue weighted by molar-refractivity contribution is 0.0955. The molecular weight excluding hydrogens is 338 g/mol. The molecule has 7 heteroatoms. The number of carbonyl (C=O) groups is 1. The van der Waals surface area contributed by atoms with Gasteiger partial charge in [-0.3, -0.25) is 4.79 Å². The molecule has 2 aromatic carbocycles. The summed E-state index contributed by atoms with van der Waals surface area (Å²) in [5.41, 5.74) is 11.3. The molecule has 6 nitrogen and oxygen atoms in total. The molecule has 0 radical (unpaired) electrons. The largest absolute Gasteiger partial charge is 0.399 e. The minimum absolute atomic E-state index is 0.333. The number of rotatable bonds is 4. The van der Waals surface area contributed by atoms with Crippen LogP contribution in [0.3, 0.4) is 0 Å². The first-order valence-electron chi connectivity index (χ1n) is 7.56. The van der Waals surface area contributed by atoms with E-state index in [9.17, 15) is 4.79 Å². The maximum atomic E-state index is 12.0. The number of nitrogens with two attached hydrogens (primary N) is 1. The van der Waals surface area contributed by atoms with Crippen molar-refractivity contribution in [1.29, 1.82) is 0 Å². The zero-order valence-corrected chi connectivity index (χ0v) is 14.2. The summed E-state index contributed by atoms with van der Waals surface area (Å²) in [6, 6.07) is 16.1. The number of carbonyl (C=O) groups excluding carboxylic acids is 1.